The number of fused-ring (bicyclic) bond motifs is 1. The van der Waals surface area contributed by atoms with Crippen LogP contribution in [0.5, 0.6) is 0 Å². The molecular formula is C10H10ClN3O2. The molecule has 2 heterocycles. The first-order valence-corrected chi connectivity index (χ1v) is 5.22. The Hall–Kier alpha value is -1.62. The van der Waals surface area contributed by atoms with Crippen molar-refractivity contribution in [2.75, 3.05) is 0 Å². The molecule has 84 valence electrons. The van der Waals surface area contributed by atoms with Crippen molar-refractivity contribution in [3.05, 3.63) is 23.1 Å². The third-order valence-electron chi connectivity index (χ3n) is 2.15. The van der Waals surface area contributed by atoms with Gasteiger partial charge in [0.2, 0.25) is 5.28 Å². The number of carbonyl (C=O) groups is 1. The van der Waals surface area contributed by atoms with Gasteiger partial charge in [0.1, 0.15) is 5.52 Å². The van der Waals surface area contributed by atoms with E-state index in [1.807, 2.05) is 13.0 Å². The Morgan fingerprint density at radius 1 is 1.62 bits per heavy atom. The van der Waals surface area contributed by atoms with E-state index in [0.717, 1.165) is 16.7 Å². The van der Waals surface area contributed by atoms with Gasteiger partial charge in [0.15, 0.2) is 5.65 Å². The molecule has 0 saturated heterocycles. The number of halogens is 1. The van der Waals surface area contributed by atoms with Crippen LogP contribution in [0.2, 0.25) is 5.28 Å². The summed E-state index contributed by atoms with van der Waals surface area (Å²) in [5.41, 5.74) is 2.13. The van der Waals surface area contributed by atoms with E-state index in [4.69, 9.17) is 16.4 Å². The lowest BCUT2D eigenvalue weighted by atomic mass is 10.2. The largest absolute Gasteiger partial charge is 0.332 e. The first-order valence-electron chi connectivity index (χ1n) is 4.84. The Morgan fingerprint density at radius 3 is 3.00 bits per heavy atom. The molecule has 2 aromatic heterocycles. The number of carbonyl (C=O) groups excluding carboxylic acids is 1. The lowest BCUT2D eigenvalue weighted by Gasteiger charge is -2.02. The van der Waals surface area contributed by atoms with Crippen LogP contribution in [0.4, 0.5) is 0 Å². The van der Waals surface area contributed by atoms with Gasteiger partial charge in [-0.05, 0) is 29.7 Å². The van der Waals surface area contributed by atoms with Gasteiger partial charge >= 0.3 is 5.97 Å². The second kappa shape index (κ2) is 4.09. The van der Waals surface area contributed by atoms with Gasteiger partial charge in [0, 0.05) is 13.1 Å². The molecule has 0 aromatic carbocycles. The average molecular weight is 240 g/mol. The average Bonchev–Trinajstić information content (AvgIpc) is 2.55. The lowest BCUT2D eigenvalue weighted by Crippen LogP contribution is -2.16. The highest BCUT2D eigenvalue weighted by Crippen LogP contribution is 2.20. The monoisotopic (exact) mass is 239 g/mol. The Balaban J connectivity index is 2.66. The van der Waals surface area contributed by atoms with Crippen LogP contribution in [-0.4, -0.2) is 20.7 Å². The number of rotatable bonds is 2. The molecule has 2 rings (SSSR count). The van der Waals surface area contributed by atoms with E-state index in [1.165, 1.54) is 6.92 Å². The highest BCUT2D eigenvalue weighted by Gasteiger charge is 2.14. The fraction of sp³-hybridized carbons (Fsp3) is 0.300. The van der Waals surface area contributed by atoms with Crippen LogP contribution in [0.1, 0.15) is 19.4 Å². The zero-order valence-electron chi connectivity index (χ0n) is 8.90. The fourth-order valence-electron chi connectivity index (χ4n) is 1.47. The molecular weight excluding hydrogens is 230 g/mol. The molecule has 0 unspecified atom stereocenters. The van der Waals surface area contributed by atoms with E-state index in [9.17, 15) is 4.79 Å². The van der Waals surface area contributed by atoms with Crippen molar-refractivity contribution in [3.8, 4) is 0 Å². The van der Waals surface area contributed by atoms with E-state index in [-0.39, 0.29) is 5.28 Å². The second-order valence-electron chi connectivity index (χ2n) is 3.25. The van der Waals surface area contributed by atoms with Gasteiger partial charge in [-0.15, -0.1) is 4.73 Å². The maximum Gasteiger partial charge on any atom is 0.330 e. The minimum Gasteiger partial charge on any atom is -0.332 e. The summed E-state index contributed by atoms with van der Waals surface area (Å²) in [6, 6.07) is 1.86. The molecule has 0 amide bonds. The zero-order chi connectivity index (χ0) is 11.7. The summed E-state index contributed by atoms with van der Waals surface area (Å²) < 4.78 is 1.14. The van der Waals surface area contributed by atoms with Crippen LogP contribution < -0.4 is 4.84 Å². The van der Waals surface area contributed by atoms with Crippen molar-refractivity contribution < 1.29 is 9.63 Å². The van der Waals surface area contributed by atoms with Gasteiger partial charge in [-0.2, -0.15) is 0 Å². The maximum atomic E-state index is 10.9. The molecule has 0 spiro atoms. The van der Waals surface area contributed by atoms with Crippen LogP contribution in [-0.2, 0) is 11.2 Å². The van der Waals surface area contributed by atoms with Crippen LogP contribution in [0, 0.1) is 0 Å². The third kappa shape index (κ3) is 1.74. The standard InChI is InChI=1S/C10H10ClN3O2/c1-3-7-4-5-12-9-8(7)13-10(11)14(9)16-6(2)15/h4-5H,3H2,1-2H3. The van der Waals surface area contributed by atoms with Crippen molar-refractivity contribution in [3.63, 3.8) is 0 Å². The van der Waals surface area contributed by atoms with Gasteiger partial charge in [-0.25, -0.2) is 14.8 Å². The molecule has 16 heavy (non-hydrogen) atoms. The highest BCUT2D eigenvalue weighted by molar-refractivity contribution is 6.29. The maximum absolute atomic E-state index is 10.9. The fourth-order valence-corrected chi connectivity index (χ4v) is 1.67. The number of pyridine rings is 1. The summed E-state index contributed by atoms with van der Waals surface area (Å²) in [7, 11) is 0. The summed E-state index contributed by atoms with van der Waals surface area (Å²) >= 11 is 5.88. The van der Waals surface area contributed by atoms with Gasteiger partial charge in [-0.3, -0.25) is 0 Å². The molecule has 2 aromatic rings. The quantitative estimate of drug-likeness (QED) is 0.799. The number of aromatic nitrogens is 3. The first-order chi connectivity index (χ1) is 7.63. The summed E-state index contributed by atoms with van der Waals surface area (Å²) in [6.07, 6.45) is 2.45. The van der Waals surface area contributed by atoms with Gasteiger partial charge < -0.3 is 4.84 Å². The third-order valence-corrected chi connectivity index (χ3v) is 2.39. The van der Waals surface area contributed by atoms with Gasteiger partial charge in [0.25, 0.3) is 0 Å². The van der Waals surface area contributed by atoms with E-state index in [1.54, 1.807) is 6.20 Å². The number of nitrogens with zero attached hydrogens (tertiary/aromatic N) is 3. The SMILES string of the molecule is CCc1ccnc2c1nc(Cl)n2OC(C)=O. The molecule has 0 aliphatic rings. The van der Waals surface area contributed by atoms with Crippen LogP contribution in [0.25, 0.3) is 11.2 Å². The lowest BCUT2D eigenvalue weighted by molar-refractivity contribution is -0.141. The summed E-state index contributed by atoms with van der Waals surface area (Å²) in [5, 5.41) is 0.0959. The van der Waals surface area contributed by atoms with Crippen LogP contribution in [0.3, 0.4) is 0 Å². The van der Waals surface area contributed by atoms with Crippen molar-refractivity contribution in [1.82, 2.24) is 14.7 Å². The second-order valence-corrected chi connectivity index (χ2v) is 3.59. The minimum absolute atomic E-state index is 0.0959. The van der Waals surface area contributed by atoms with Crippen molar-refractivity contribution in [1.29, 1.82) is 0 Å². The summed E-state index contributed by atoms with van der Waals surface area (Å²) in [4.78, 5) is 24.1. The number of hydrogen-bond donors (Lipinski definition) is 0. The molecule has 0 aliphatic carbocycles. The predicted molar refractivity (Wildman–Crippen MR) is 59.2 cm³/mol. The molecule has 0 atom stereocenters. The van der Waals surface area contributed by atoms with Crippen molar-refractivity contribution in [2.45, 2.75) is 20.3 Å². The highest BCUT2D eigenvalue weighted by atomic mass is 35.5. The van der Waals surface area contributed by atoms with E-state index < -0.39 is 5.97 Å². The number of aryl methyl sites for hydroxylation is 1. The Morgan fingerprint density at radius 2 is 2.38 bits per heavy atom. The van der Waals surface area contributed by atoms with E-state index in [0.29, 0.717) is 11.2 Å². The molecule has 0 aliphatic heterocycles. The van der Waals surface area contributed by atoms with Crippen molar-refractivity contribution >= 4 is 28.7 Å². The molecule has 0 saturated carbocycles. The summed E-state index contributed by atoms with van der Waals surface area (Å²) in [5.74, 6) is -0.468. The van der Waals surface area contributed by atoms with Gasteiger partial charge in [0.05, 0.1) is 0 Å². The van der Waals surface area contributed by atoms with Crippen LogP contribution >= 0.6 is 11.6 Å². The minimum atomic E-state index is -0.468. The predicted octanol–water partition coefficient (Wildman–Crippen LogP) is 1.62. The number of hydrogen-bond acceptors (Lipinski definition) is 4. The van der Waals surface area contributed by atoms with Gasteiger partial charge in [-0.1, -0.05) is 6.92 Å². The molecule has 5 nitrogen and oxygen atoms in total. The Labute approximate surface area is 97.0 Å². The summed E-state index contributed by atoms with van der Waals surface area (Å²) in [6.45, 7) is 3.30. The molecule has 0 radical (unpaired) electrons. The molecule has 0 bridgehead atoms. The Kier molecular flexibility index (Phi) is 2.78. The molecule has 0 fully saturated rings. The van der Waals surface area contributed by atoms with E-state index >= 15 is 0 Å². The smallest absolute Gasteiger partial charge is 0.330 e. The first kappa shape index (κ1) is 10.9. The zero-order valence-corrected chi connectivity index (χ0v) is 9.65. The molecule has 6 heteroatoms. The van der Waals surface area contributed by atoms with E-state index in [2.05, 4.69) is 9.97 Å². The van der Waals surface area contributed by atoms with Crippen LogP contribution in [0.15, 0.2) is 12.3 Å². The molecule has 0 N–H and O–H groups in total. The normalized spacial score (nSPS) is 10.7. The Bertz CT molecular complexity index is 550. The topological polar surface area (TPSA) is 57.0 Å². The van der Waals surface area contributed by atoms with Crippen molar-refractivity contribution in [2.24, 2.45) is 0 Å². The number of imidazole rings is 1.